The number of hydrogen-bond acceptors (Lipinski definition) is 6. The van der Waals surface area contributed by atoms with Crippen molar-refractivity contribution in [3.8, 4) is 0 Å². The molecule has 108 valence electrons. The lowest BCUT2D eigenvalue weighted by molar-refractivity contribution is 0.811. The quantitative estimate of drug-likeness (QED) is 0.843. The molecule has 0 saturated carbocycles. The highest BCUT2D eigenvalue weighted by Gasteiger charge is 2.14. The Hall–Kier alpha value is -0.560. The van der Waals surface area contributed by atoms with Gasteiger partial charge in [-0.1, -0.05) is 52.6 Å². The summed E-state index contributed by atoms with van der Waals surface area (Å²) in [5.74, 6) is 0.827. The number of nitrogens with two attached hydrogens (primary N) is 1. The standard InChI is InChI=1S/C14H19N3S3/c1-8-5-9(2)12(10(3)6-8)11(15)7-19-14-17-16-13(18-4)20-14/h5-6,11H,7,15H2,1-4H3. The molecule has 0 aliphatic heterocycles. The van der Waals surface area contributed by atoms with Gasteiger partial charge in [-0.05, 0) is 43.7 Å². The molecule has 3 nitrogen and oxygen atoms in total. The molecule has 0 radical (unpaired) electrons. The number of benzene rings is 1. The second-order valence-corrected chi connectivity index (χ2v) is 8.07. The summed E-state index contributed by atoms with van der Waals surface area (Å²) in [7, 11) is 0. The maximum absolute atomic E-state index is 6.36. The normalized spacial score (nSPS) is 12.7. The average Bonchev–Trinajstić information content (AvgIpc) is 2.83. The van der Waals surface area contributed by atoms with E-state index >= 15 is 0 Å². The Labute approximate surface area is 132 Å². The van der Waals surface area contributed by atoms with Crippen LogP contribution in [0.5, 0.6) is 0 Å². The minimum Gasteiger partial charge on any atom is -0.323 e. The Morgan fingerprint density at radius 2 is 1.75 bits per heavy atom. The molecule has 0 bridgehead atoms. The van der Waals surface area contributed by atoms with Gasteiger partial charge in [0.15, 0.2) is 8.68 Å². The molecule has 20 heavy (non-hydrogen) atoms. The molecule has 1 aromatic carbocycles. The van der Waals surface area contributed by atoms with E-state index in [2.05, 4.69) is 43.1 Å². The largest absolute Gasteiger partial charge is 0.323 e. The van der Waals surface area contributed by atoms with Gasteiger partial charge in [-0.2, -0.15) is 0 Å². The first kappa shape index (κ1) is 15.8. The topological polar surface area (TPSA) is 51.8 Å². The van der Waals surface area contributed by atoms with Crippen molar-refractivity contribution in [1.29, 1.82) is 0 Å². The molecule has 0 aliphatic rings. The fourth-order valence-corrected chi connectivity index (χ4v) is 4.79. The predicted octanol–water partition coefficient (Wildman–Crippen LogP) is 3.98. The number of aromatic nitrogens is 2. The van der Waals surface area contributed by atoms with Crippen molar-refractivity contribution in [2.24, 2.45) is 5.73 Å². The molecule has 0 spiro atoms. The molecule has 0 fully saturated rings. The minimum absolute atomic E-state index is 0.0298. The first-order valence-electron chi connectivity index (χ1n) is 6.35. The molecule has 1 atom stereocenters. The summed E-state index contributed by atoms with van der Waals surface area (Å²) in [6.07, 6.45) is 2.01. The van der Waals surface area contributed by atoms with Crippen LogP contribution in [-0.2, 0) is 0 Å². The van der Waals surface area contributed by atoms with Crippen LogP contribution in [0.3, 0.4) is 0 Å². The zero-order valence-corrected chi connectivity index (χ0v) is 14.6. The van der Waals surface area contributed by atoms with E-state index in [-0.39, 0.29) is 6.04 Å². The highest BCUT2D eigenvalue weighted by molar-refractivity contribution is 8.02. The summed E-state index contributed by atoms with van der Waals surface area (Å²) >= 11 is 4.94. The van der Waals surface area contributed by atoms with Crippen LogP contribution in [0.2, 0.25) is 0 Å². The molecule has 1 unspecified atom stereocenters. The number of rotatable bonds is 5. The number of aryl methyl sites for hydroxylation is 3. The molecular weight excluding hydrogens is 306 g/mol. The molecule has 6 heteroatoms. The highest BCUT2D eigenvalue weighted by atomic mass is 32.2. The van der Waals surface area contributed by atoms with Gasteiger partial charge in [0, 0.05) is 11.8 Å². The summed E-state index contributed by atoms with van der Waals surface area (Å²) in [5, 5.41) is 8.27. The second-order valence-electron chi connectivity index (χ2n) is 4.77. The van der Waals surface area contributed by atoms with Crippen molar-refractivity contribution in [2.75, 3.05) is 12.0 Å². The Morgan fingerprint density at radius 3 is 2.30 bits per heavy atom. The predicted molar refractivity (Wildman–Crippen MR) is 90.0 cm³/mol. The van der Waals surface area contributed by atoms with Gasteiger partial charge < -0.3 is 5.73 Å². The average molecular weight is 326 g/mol. The van der Waals surface area contributed by atoms with Crippen molar-refractivity contribution in [2.45, 2.75) is 35.5 Å². The zero-order chi connectivity index (χ0) is 14.7. The van der Waals surface area contributed by atoms with Crippen LogP contribution in [0.1, 0.15) is 28.3 Å². The molecule has 0 aliphatic carbocycles. The Bertz CT molecular complexity index is 572. The van der Waals surface area contributed by atoms with Crippen molar-refractivity contribution < 1.29 is 0 Å². The van der Waals surface area contributed by atoms with Crippen LogP contribution < -0.4 is 5.73 Å². The van der Waals surface area contributed by atoms with E-state index in [0.29, 0.717) is 0 Å². The molecule has 0 saturated heterocycles. The third kappa shape index (κ3) is 3.75. The van der Waals surface area contributed by atoms with Crippen molar-refractivity contribution in [3.05, 3.63) is 34.4 Å². The Balaban J connectivity index is 2.06. The summed E-state index contributed by atoms with van der Waals surface area (Å²) in [6, 6.07) is 4.43. The van der Waals surface area contributed by atoms with Gasteiger partial charge in [-0.3, -0.25) is 0 Å². The van der Waals surface area contributed by atoms with Crippen LogP contribution in [-0.4, -0.2) is 22.2 Å². The third-order valence-electron chi connectivity index (χ3n) is 3.06. The first-order valence-corrected chi connectivity index (χ1v) is 9.37. The number of hydrogen-bond donors (Lipinski definition) is 1. The summed E-state index contributed by atoms with van der Waals surface area (Å²) < 4.78 is 2.00. The van der Waals surface area contributed by atoms with Crippen LogP contribution in [0.25, 0.3) is 0 Å². The van der Waals surface area contributed by atoms with E-state index in [9.17, 15) is 0 Å². The van der Waals surface area contributed by atoms with Crippen LogP contribution in [0.4, 0.5) is 0 Å². The van der Waals surface area contributed by atoms with Crippen molar-refractivity contribution >= 4 is 34.9 Å². The Kier molecular flexibility index (Phi) is 5.49. The van der Waals surface area contributed by atoms with Crippen LogP contribution >= 0.6 is 34.9 Å². The molecule has 2 N–H and O–H groups in total. The van der Waals surface area contributed by atoms with Crippen LogP contribution in [0, 0.1) is 20.8 Å². The number of nitrogens with zero attached hydrogens (tertiary/aromatic N) is 2. The Morgan fingerprint density at radius 1 is 1.15 bits per heavy atom. The van der Waals surface area contributed by atoms with Gasteiger partial charge in [-0.25, -0.2) is 0 Å². The lowest BCUT2D eigenvalue weighted by Crippen LogP contribution is -2.16. The van der Waals surface area contributed by atoms with E-state index < -0.39 is 0 Å². The van der Waals surface area contributed by atoms with Crippen molar-refractivity contribution in [3.63, 3.8) is 0 Å². The van der Waals surface area contributed by atoms with Gasteiger partial charge in [0.05, 0.1) is 0 Å². The third-order valence-corrected chi connectivity index (χ3v) is 6.21. The van der Waals surface area contributed by atoms with Gasteiger partial charge >= 0.3 is 0 Å². The van der Waals surface area contributed by atoms with Crippen LogP contribution in [0.15, 0.2) is 20.8 Å². The van der Waals surface area contributed by atoms with E-state index in [0.717, 1.165) is 14.4 Å². The first-order chi connectivity index (χ1) is 9.51. The molecule has 1 heterocycles. The van der Waals surface area contributed by atoms with E-state index in [1.54, 1.807) is 34.9 Å². The maximum Gasteiger partial charge on any atom is 0.175 e. The van der Waals surface area contributed by atoms with Crippen molar-refractivity contribution in [1.82, 2.24) is 10.2 Å². The highest BCUT2D eigenvalue weighted by Crippen LogP contribution is 2.31. The fraction of sp³-hybridized carbons (Fsp3) is 0.429. The smallest absolute Gasteiger partial charge is 0.175 e. The lowest BCUT2D eigenvalue weighted by atomic mass is 9.95. The maximum atomic E-state index is 6.36. The van der Waals surface area contributed by atoms with Gasteiger partial charge in [0.2, 0.25) is 0 Å². The number of thioether (sulfide) groups is 2. The van der Waals surface area contributed by atoms with Gasteiger partial charge in [0.25, 0.3) is 0 Å². The second kappa shape index (κ2) is 6.93. The molecule has 2 aromatic rings. The van der Waals surface area contributed by atoms with E-state index in [1.807, 2.05) is 6.26 Å². The molecule has 1 aromatic heterocycles. The monoisotopic (exact) mass is 325 g/mol. The van der Waals surface area contributed by atoms with E-state index in [4.69, 9.17) is 5.73 Å². The van der Waals surface area contributed by atoms with Gasteiger partial charge in [-0.15, -0.1) is 10.2 Å². The lowest BCUT2D eigenvalue weighted by Gasteiger charge is -2.17. The molecular formula is C14H19N3S3. The SMILES string of the molecule is CSc1nnc(SCC(N)c2c(C)cc(C)cc2C)s1. The van der Waals surface area contributed by atoms with Gasteiger partial charge in [0.1, 0.15) is 0 Å². The molecule has 2 rings (SSSR count). The molecule has 0 amide bonds. The van der Waals surface area contributed by atoms with E-state index in [1.165, 1.54) is 22.3 Å². The summed E-state index contributed by atoms with van der Waals surface area (Å²) in [4.78, 5) is 0. The summed E-state index contributed by atoms with van der Waals surface area (Å²) in [6.45, 7) is 6.39. The minimum atomic E-state index is 0.0298. The fourth-order valence-electron chi connectivity index (χ4n) is 2.36. The summed E-state index contributed by atoms with van der Waals surface area (Å²) in [5.41, 5.74) is 11.5. The zero-order valence-electron chi connectivity index (χ0n) is 12.1.